The molecule has 1 saturated carbocycles. The molecule has 0 spiro atoms. The highest BCUT2D eigenvalue weighted by Crippen LogP contribution is 2.28. The molecule has 1 aromatic carbocycles. The molecule has 1 aromatic rings. The van der Waals surface area contributed by atoms with Crippen LogP contribution in [-0.4, -0.2) is 39.3 Å². The van der Waals surface area contributed by atoms with Gasteiger partial charge in [-0.1, -0.05) is 6.07 Å². The second-order valence-corrected chi connectivity index (χ2v) is 5.94. The van der Waals surface area contributed by atoms with Gasteiger partial charge in [-0.2, -0.15) is 0 Å². The van der Waals surface area contributed by atoms with Gasteiger partial charge in [-0.05, 0) is 56.3 Å². The maximum atomic E-state index is 11.9. The van der Waals surface area contributed by atoms with Gasteiger partial charge in [0.25, 0.3) is 0 Å². The van der Waals surface area contributed by atoms with E-state index in [1.165, 1.54) is 12.8 Å². The van der Waals surface area contributed by atoms with Crippen LogP contribution in [0.2, 0.25) is 0 Å². The van der Waals surface area contributed by atoms with Crippen LogP contribution >= 0.6 is 0 Å². The Morgan fingerprint density at radius 1 is 1.27 bits per heavy atom. The van der Waals surface area contributed by atoms with Crippen molar-refractivity contribution in [3.05, 3.63) is 23.8 Å². The number of hydrogen-bond acceptors (Lipinski definition) is 4. The summed E-state index contributed by atoms with van der Waals surface area (Å²) in [6, 6.07) is 5.91. The van der Waals surface area contributed by atoms with Gasteiger partial charge >= 0.3 is 0 Å². The fraction of sp³-hybridized carbons (Fsp3) is 0.588. The number of rotatable bonds is 9. The second kappa shape index (κ2) is 8.03. The Labute approximate surface area is 132 Å². The smallest absolute Gasteiger partial charge is 0.234 e. The summed E-state index contributed by atoms with van der Waals surface area (Å²) in [6.45, 7) is 3.36. The molecule has 1 fully saturated rings. The van der Waals surface area contributed by atoms with Gasteiger partial charge in [0, 0.05) is 6.04 Å². The number of hydrogen-bond donors (Lipinski definition) is 2. The Kier molecular flexibility index (Phi) is 6.07. The zero-order valence-corrected chi connectivity index (χ0v) is 13.6. The van der Waals surface area contributed by atoms with E-state index in [1.807, 2.05) is 25.1 Å². The van der Waals surface area contributed by atoms with E-state index in [1.54, 1.807) is 14.2 Å². The van der Waals surface area contributed by atoms with Crippen molar-refractivity contribution in [2.45, 2.75) is 32.2 Å². The first kappa shape index (κ1) is 16.6. The quantitative estimate of drug-likeness (QED) is 0.730. The van der Waals surface area contributed by atoms with E-state index in [0.717, 1.165) is 24.4 Å². The van der Waals surface area contributed by atoms with Crippen molar-refractivity contribution in [3.8, 4) is 11.5 Å². The minimum absolute atomic E-state index is 0.0497. The average Bonchev–Trinajstić information content (AvgIpc) is 3.31. The van der Waals surface area contributed by atoms with E-state index in [2.05, 4.69) is 10.6 Å². The van der Waals surface area contributed by atoms with Crippen molar-refractivity contribution < 1.29 is 14.3 Å². The van der Waals surface area contributed by atoms with E-state index in [4.69, 9.17) is 9.47 Å². The molecule has 0 heterocycles. The number of ether oxygens (including phenoxy) is 2. The highest BCUT2D eigenvalue weighted by Gasteiger charge is 2.20. The lowest BCUT2D eigenvalue weighted by Gasteiger charge is -2.15. The molecule has 122 valence electrons. The van der Waals surface area contributed by atoms with Crippen LogP contribution in [0.5, 0.6) is 11.5 Å². The third-order valence-corrected chi connectivity index (χ3v) is 3.81. The van der Waals surface area contributed by atoms with Crippen LogP contribution in [-0.2, 0) is 11.2 Å². The zero-order valence-electron chi connectivity index (χ0n) is 13.6. The minimum Gasteiger partial charge on any atom is -0.493 e. The van der Waals surface area contributed by atoms with Gasteiger partial charge in [-0.25, -0.2) is 0 Å². The molecule has 1 amide bonds. The molecule has 22 heavy (non-hydrogen) atoms. The third kappa shape index (κ3) is 5.22. The van der Waals surface area contributed by atoms with Gasteiger partial charge in [0.2, 0.25) is 5.91 Å². The summed E-state index contributed by atoms with van der Waals surface area (Å²) in [5.41, 5.74) is 1.11. The Morgan fingerprint density at radius 2 is 2.00 bits per heavy atom. The summed E-state index contributed by atoms with van der Waals surface area (Å²) in [7, 11) is 3.24. The number of nitrogens with one attached hydrogen (secondary N) is 2. The van der Waals surface area contributed by atoms with Crippen LogP contribution in [0, 0.1) is 5.92 Å². The van der Waals surface area contributed by atoms with Gasteiger partial charge in [-0.3, -0.25) is 4.79 Å². The van der Waals surface area contributed by atoms with Crippen LogP contribution in [0.3, 0.4) is 0 Å². The van der Waals surface area contributed by atoms with Gasteiger partial charge in [0.1, 0.15) is 0 Å². The first-order chi connectivity index (χ1) is 10.6. The van der Waals surface area contributed by atoms with Crippen molar-refractivity contribution >= 4 is 5.91 Å². The van der Waals surface area contributed by atoms with Gasteiger partial charge in [-0.15, -0.1) is 0 Å². The van der Waals surface area contributed by atoms with Crippen molar-refractivity contribution in [1.82, 2.24) is 10.6 Å². The molecule has 0 radical (unpaired) electrons. The normalized spacial score (nSPS) is 15.2. The summed E-state index contributed by atoms with van der Waals surface area (Å²) in [6.07, 6.45) is 3.35. The molecule has 0 aromatic heterocycles. The summed E-state index contributed by atoms with van der Waals surface area (Å²) >= 11 is 0. The minimum atomic E-state index is 0.0497. The van der Waals surface area contributed by atoms with Crippen LogP contribution < -0.4 is 20.1 Å². The van der Waals surface area contributed by atoms with Crippen molar-refractivity contribution in [1.29, 1.82) is 0 Å². The molecule has 5 nitrogen and oxygen atoms in total. The largest absolute Gasteiger partial charge is 0.493 e. The average molecular weight is 306 g/mol. The molecule has 5 heteroatoms. The SMILES string of the molecule is COc1ccc(CC(C)NC(=O)CNCC2CC2)cc1OC. The van der Waals surface area contributed by atoms with Crippen molar-refractivity contribution in [2.75, 3.05) is 27.3 Å². The van der Waals surface area contributed by atoms with E-state index in [9.17, 15) is 4.79 Å². The molecular formula is C17H26N2O3. The Balaban J connectivity index is 1.77. The molecule has 0 saturated heterocycles. The summed E-state index contributed by atoms with van der Waals surface area (Å²) in [4.78, 5) is 11.9. The second-order valence-electron chi connectivity index (χ2n) is 5.94. The van der Waals surface area contributed by atoms with Crippen molar-refractivity contribution in [3.63, 3.8) is 0 Å². The topological polar surface area (TPSA) is 59.6 Å². The van der Waals surface area contributed by atoms with Crippen molar-refractivity contribution in [2.24, 2.45) is 5.92 Å². The molecule has 1 atom stereocenters. The number of methoxy groups -OCH3 is 2. The molecule has 0 bridgehead atoms. The number of carbonyl (C=O) groups is 1. The van der Waals surface area contributed by atoms with E-state index in [0.29, 0.717) is 18.0 Å². The highest BCUT2D eigenvalue weighted by atomic mass is 16.5. The zero-order chi connectivity index (χ0) is 15.9. The Morgan fingerprint density at radius 3 is 2.64 bits per heavy atom. The fourth-order valence-electron chi connectivity index (χ4n) is 2.45. The van der Waals surface area contributed by atoms with E-state index < -0.39 is 0 Å². The maximum absolute atomic E-state index is 11.9. The number of amides is 1. The molecule has 1 unspecified atom stereocenters. The Bertz CT molecular complexity index is 501. The lowest BCUT2D eigenvalue weighted by Crippen LogP contribution is -2.40. The first-order valence-corrected chi connectivity index (χ1v) is 7.83. The predicted molar refractivity (Wildman–Crippen MR) is 86.4 cm³/mol. The standard InChI is InChI=1S/C17H26N2O3/c1-12(19-17(20)11-18-10-13-4-5-13)8-14-6-7-15(21-2)16(9-14)22-3/h6-7,9,12-13,18H,4-5,8,10-11H2,1-3H3,(H,19,20). The summed E-state index contributed by atoms with van der Waals surface area (Å²) in [5, 5.41) is 6.22. The lowest BCUT2D eigenvalue weighted by atomic mass is 10.1. The highest BCUT2D eigenvalue weighted by molar-refractivity contribution is 5.78. The lowest BCUT2D eigenvalue weighted by molar-refractivity contribution is -0.120. The van der Waals surface area contributed by atoms with Gasteiger partial charge in [0.15, 0.2) is 11.5 Å². The van der Waals surface area contributed by atoms with Gasteiger partial charge < -0.3 is 20.1 Å². The monoisotopic (exact) mass is 306 g/mol. The molecule has 2 N–H and O–H groups in total. The van der Waals surface area contributed by atoms with E-state index >= 15 is 0 Å². The number of benzene rings is 1. The molecule has 2 rings (SSSR count). The molecule has 1 aliphatic rings. The Hall–Kier alpha value is -1.75. The molecule has 0 aliphatic heterocycles. The first-order valence-electron chi connectivity index (χ1n) is 7.83. The summed E-state index contributed by atoms with van der Waals surface area (Å²) < 4.78 is 10.5. The van der Waals surface area contributed by atoms with Gasteiger partial charge in [0.05, 0.1) is 20.8 Å². The van der Waals surface area contributed by atoms with Crippen LogP contribution in [0.4, 0.5) is 0 Å². The third-order valence-electron chi connectivity index (χ3n) is 3.81. The van der Waals surface area contributed by atoms with Crippen LogP contribution in [0.15, 0.2) is 18.2 Å². The van der Waals surface area contributed by atoms with Crippen LogP contribution in [0.1, 0.15) is 25.3 Å². The van der Waals surface area contributed by atoms with Crippen LogP contribution in [0.25, 0.3) is 0 Å². The number of carbonyl (C=O) groups excluding carboxylic acids is 1. The van der Waals surface area contributed by atoms with E-state index in [-0.39, 0.29) is 11.9 Å². The molecule has 1 aliphatic carbocycles. The molecular weight excluding hydrogens is 280 g/mol. The fourth-order valence-corrected chi connectivity index (χ4v) is 2.45. The predicted octanol–water partition coefficient (Wildman–Crippen LogP) is 1.75. The summed E-state index contributed by atoms with van der Waals surface area (Å²) in [5.74, 6) is 2.27. The maximum Gasteiger partial charge on any atom is 0.234 e.